The zero-order valence-corrected chi connectivity index (χ0v) is 19.6. The van der Waals surface area contributed by atoms with Crippen LogP contribution < -0.4 is 9.47 Å². The number of aromatic nitrogens is 2. The van der Waals surface area contributed by atoms with Crippen LogP contribution in [0.2, 0.25) is 5.02 Å². The summed E-state index contributed by atoms with van der Waals surface area (Å²) < 4.78 is 58.7. The Morgan fingerprint density at radius 1 is 1.17 bits per heavy atom. The van der Waals surface area contributed by atoms with Crippen LogP contribution in [0.3, 0.4) is 0 Å². The Hall–Kier alpha value is -4.10. The molecule has 0 N–H and O–H groups in total. The maximum atomic E-state index is 14.3. The molecule has 0 saturated carbocycles. The van der Waals surface area contributed by atoms with Crippen molar-refractivity contribution in [1.29, 1.82) is 5.26 Å². The number of halogens is 4. The van der Waals surface area contributed by atoms with E-state index in [1.54, 1.807) is 19.1 Å². The molecule has 0 amide bonds. The molecule has 0 spiro atoms. The maximum Gasteiger partial charge on any atom is 0.401 e. The first kappa shape index (κ1) is 25.0. The molecular weight excluding hydrogens is 499 g/mol. The fourth-order valence-corrected chi connectivity index (χ4v) is 3.60. The fraction of sp³-hybridized carbons (Fsp3) is 0.200. The van der Waals surface area contributed by atoms with Crippen LogP contribution in [0.1, 0.15) is 31.7 Å². The smallest absolute Gasteiger partial charge is 0.401 e. The van der Waals surface area contributed by atoms with Crippen LogP contribution in [-0.2, 0) is 4.79 Å². The van der Waals surface area contributed by atoms with E-state index < -0.39 is 40.3 Å². The largest absolute Gasteiger partial charge is 0.480 e. The van der Waals surface area contributed by atoms with Gasteiger partial charge in [-0.05, 0) is 43.7 Å². The minimum absolute atomic E-state index is 0.0674. The number of nitriles is 1. The number of hydrogen-bond donors (Lipinski definition) is 0. The van der Waals surface area contributed by atoms with Crippen LogP contribution in [0.25, 0.3) is 11.2 Å². The molecule has 4 aromatic rings. The van der Waals surface area contributed by atoms with Gasteiger partial charge in [-0.1, -0.05) is 18.5 Å². The lowest BCUT2D eigenvalue weighted by molar-refractivity contribution is -0.134. The van der Waals surface area contributed by atoms with E-state index in [4.69, 9.17) is 25.5 Å². The summed E-state index contributed by atoms with van der Waals surface area (Å²) in [7, 11) is 0. The number of Topliss-reactive ketones (excluding diaryl/α,β-unsaturated/α-hetero) is 1. The first-order valence-corrected chi connectivity index (χ1v) is 11.0. The van der Waals surface area contributed by atoms with Crippen LogP contribution in [0.15, 0.2) is 53.1 Å². The number of nitrogens with zero attached hydrogens (tertiary/aromatic N) is 3. The molecule has 36 heavy (non-hydrogen) atoms. The molecule has 184 valence electrons. The standard InChI is InChI=1S/C25H17ClF3N3O4/c1-3-25(2,22(33)17(11-30)21-18(28)9-14(27)10-19(21)29)36-16-6-4-15(5-7-16)34-24-32-20-8-13(26)12-31-23(20)35-24/h4-10,12,17H,3H2,1-2H3. The molecule has 0 aliphatic carbocycles. The summed E-state index contributed by atoms with van der Waals surface area (Å²) in [5.41, 5.74) is -1.80. The molecule has 2 unspecified atom stereocenters. The van der Waals surface area contributed by atoms with Crippen molar-refractivity contribution in [2.45, 2.75) is 31.8 Å². The highest BCUT2D eigenvalue weighted by atomic mass is 35.5. The topological polar surface area (TPSA) is 98.2 Å². The summed E-state index contributed by atoms with van der Waals surface area (Å²) >= 11 is 5.88. The molecular formula is C25H17ClF3N3O4. The van der Waals surface area contributed by atoms with Crippen molar-refractivity contribution in [3.8, 4) is 23.6 Å². The number of carbonyl (C=O) groups is 1. The molecule has 0 radical (unpaired) electrons. The normalized spacial score (nSPS) is 13.6. The Balaban J connectivity index is 1.53. The lowest BCUT2D eigenvalue weighted by Crippen LogP contribution is -2.44. The van der Waals surface area contributed by atoms with Gasteiger partial charge in [0.2, 0.25) is 0 Å². The van der Waals surface area contributed by atoms with Gasteiger partial charge >= 0.3 is 6.08 Å². The highest BCUT2D eigenvalue weighted by molar-refractivity contribution is 6.30. The lowest BCUT2D eigenvalue weighted by Gasteiger charge is -2.30. The average Bonchev–Trinajstić information content (AvgIpc) is 3.23. The highest BCUT2D eigenvalue weighted by Crippen LogP contribution is 2.33. The van der Waals surface area contributed by atoms with Gasteiger partial charge in [-0.25, -0.2) is 18.2 Å². The molecule has 2 aromatic carbocycles. The first-order valence-electron chi connectivity index (χ1n) is 10.6. The number of benzene rings is 2. The third kappa shape index (κ3) is 4.97. The molecule has 2 heterocycles. The van der Waals surface area contributed by atoms with Crippen LogP contribution in [-0.4, -0.2) is 21.4 Å². The van der Waals surface area contributed by atoms with Gasteiger partial charge in [0, 0.05) is 23.9 Å². The van der Waals surface area contributed by atoms with Crippen molar-refractivity contribution >= 4 is 28.6 Å². The molecule has 11 heteroatoms. The van der Waals surface area contributed by atoms with Crippen molar-refractivity contribution in [2.75, 3.05) is 0 Å². The summed E-state index contributed by atoms with van der Waals surface area (Å²) in [6.07, 6.45) is 1.42. The second kappa shape index (κ2) is 9.87. The second-order valence-electron chi connectivity index (χ2n) is 7.93. The van der Waals surface area contributed by atoms with E-state index in [0.29, 0.717) is 28.4 Å². The van der Waals surface area contributed by atoms with Gasteiger partial charge in [0.05, 0.1) is 11.1 Å². The Kier molecular flexibility index (Phi) is 6.86. The van der Waals surface area contributed by atoms with Crippen molar-refractivity contribution < 1.29 is 31.9 Å². The van der Waals surface area contributed by atoms with Crippen LogP contribution >= 0.6 is 11.6 Å². The predicted octanol–water partition coefficient (Wildman–Crippen LogP) is 6.51. The molecule has 0 saturated heterocycles. The summed E-state index contributed by atoms with van der Waals surface area (Å²) in [4.78, 5) is 21.3. The number of rotatable bonds is 8. The van der Waals surface area contributed by atoms with Gasteiger partial charge < -0.3 is 13.9 Å². The van der Waals surface area contributed by atoms with Crippen molar-refractivity contribution in [3.05, 3.63) is 76.7 Å². The quantitative estimate of drug-likeness (QED) is 0.264. The van der Waals surface area contributed by atoms with Gasteiger partial charge in [0.1, 0.15) is 40.4 Å². The van der Waals surface area contributed by atoms with E-state index in [9.17, 15) is 23.2 Å². The predicted molar refractivity (Wildman–Crippen MR) is 122 cm³/mol. The maximum absolute atomic E-state index is 14.3. The summed E-state index contributed by atoms with van der Waals surface area (Å²) in [5.74, 6) is -5.99. The van der Waals surface area contributed by atoms with Crippen molar-refractivity contribution in [1.82, 2.24) is 9.97 Å². The van der Waals surface area contributed by atoms with Gasteiger partial charge in [0.15, 0.2) is 11.4 Å². The molecule has 0 aliphatic heterocycles. The molecule has 2 atom stereocenters. The van der Waals surface area contributed by atoms with Crippen LogP contribution in [0, 0.1) is 28.8 Å². The van der Waals surface area contributed by atoms with E-state index in [1.807, 2.05) is 0 Å². The average molecular weight is 516 g/mol. The molecule has 0 bridgehead atoms. The minimum Gasteiger partial charge on any atom is -0.480 e. The molecule has 4 rings (SSSR count). The molecule has 0 fully saturated rings. The number of ether oxygens (including phenoxy) is 2. The number of fused-ring (bicyclic) bond motifs is 1. The minimum atomic E-state index is -1.85. The Bertz CT molecular complexity index is 1460. The number of ketones is 1. The molecule has 7 nitrogen and oxygen atoms in total. The lowest BCUT2D eigenvalue weighted by atomic mass is 9.84. The Morgan fingerprint density at radius 2 is 1.81 bits per heavy atom. The van der Waals surface area contributed by atoms with Crippen molar-refractivity contribution in [2.24, 2.45) is 0 Å². The number of carbonyl (C=O) groups excluding carboxylic acids is 1. The van der Waals surface area contributed by atoms with Gasteiger partial charge in [0.25, 0.3) is 5.71 Å². The summed E-state index contributed by atoms with van der Waals surface area (Å²) in [5, 5.41) is 9.93. The van der Waals surface area contributed by atoms with Gasteiger partial charge in [-0.3, -0.25) is 4.79 Å². The molecule has 0 aliphatic rings. The van der Waals surface area contributed by atoms with E-state index in [1.165, 1.54) is 37.4 Å². The zero-order chi connectivity index (χ0) is 26.0. The van der Waals surface area contributed by atoms with E-state index in [0.717, 1.165) is 0 Å². The highest BCUT2D eigenvalue weighted by Gasteiger charge is 2.41. The molecule has 2 aromatic heterocycles. The SMILES string of the molecule is CCC(C)(Oc1ccc(Oc2nc3cc(Cl)cnc3o2)cc1)C(=O)C(C#N)c1c(F)cc(F)cc1F. The third-order valence-electron chi connectivity index (χ3n) is 5.49. The van der Waals surface area contributed by atoms with Crippen molar-refractivity contribution in [3.63, 3.8) is 0 Å². The van der Waals surface area contributed by atoms with Gasteiger partial charge in [-0.15, -0.1) is 0 Å². The van der Waals surface area contributed by atoms with E-state index >= 15 is 0 Å². The monoisotopic (exact) mass is 515 g/mol. The second-order valence-corrected chi connectivity index (χ2v) is 8.36. The summed E-state index contributed by atoms with van der Waals surface area (Å²) in [6.45, 7) is 3.02. The van der Waals surface area contributed by atoms with E-state index in [-0.39, 0.29) is 24.0 Å². The van der Waals surface area contributed by atoms with Gasteiger partial charge in [-0.2, -0.15) is 10.2 Å². The zero-order valence-electron chi connectivity index (χ0n) is 18.9. The Labute approximate surface area is 208 Å². The van der Waals surface area contributed by atoms with Crippen LogP contribution in [0.5, 0.6) is 17.6 Å². The third-order valence-corrected chi connectivity index (χ3v) is 5.69. The number of oxazole rings is 1. The Morgan fingerprint density at radius 3 is 2.42 bits per heavy atom. The van der Waals surface area contributed by atoms with E-state index in [2.05, 4.69) is 9.97 Å². The van der Waals surface area contributed by atoms with Crippen LogP contribution in [0.4, 0.5) is 13.2 Å². The number of hydrogen-bond acceptors (Lipinski definition) is 7. The number of pyridine rings is 1. The first-order chi connectivity index (χ1) is 17.1. The fourth-order valence-electron chi connectivity index (χ4n) is 3.44. The summed E-state index contributed by atoms with van der Waals surface area (Å²) in [6, 6.07) is 10.0.